The van der Waals surface area contributed by atoms with E-state index in [0.29, 0.717) is 5.56 Å². The molecule has 2 aromatic carbocycles. The number of hydrogen-bond acceptors (Lipinski definition) is 4. The summed E-state index contributed by atoms with van der Waals surface area (Å²) in [4.78, 5) is 25.3. The second-order valence-corrected chi connectivity index (χ2v) is 8.28. The van der Waals surface area contributed by atoms with Crippen molar-refractivity contribution in [1.29, 1.82) is 5.41 Å². The van der Waals surface area contributed by atoms with Gasteiger partial charge in [0.1, 0.15) is 11.9 Å². The van der Waals surface area contributed by atoms with E-state index in [9.17, 15) is 27.9 Å². The average molecular weight is 461 g/mol. The number of carbonyl (C=O) groups excluding carboxylic acids is 1. The number of alkyl halides is 3. The molecule has 0 saturated carbocycles. The Bertz CT molecular complexity index is 1140. The molecule has 10 heteroatoms. The van der Waals surface area contributed by atoms with E-state index in [2.05, 4.69) is 5.32 Å². The largest absolute Gasteiger partial charge is 0.480 e. The molecule has 1 heterocycles. The van der Waals surface area contributed by atoms with Gasteiger partial charge in [0.2, 0.25) is 0 Å². The van der Waals surface area contributed by atoms with Crippen molar-refractivity contribution >= 4 is 17.7 Å². The fraction of sp³-hybridized carbons (Fsp3) is 0.348. The Morgan fingerprint density at radius 1 is 1.18 bits per heavy atom. The maximum absolute atomic E-state index is 14.8. The Morgan fingerprint density at radius 2 is 1.88 bits per heavy atom. The quantitative estimate of drug-likeness (QED) is 0.453. The van der Waals surface area contributed by atoms with Crippen molar-refractivity contribution in [2.24, 2.45) is 0 Å². The molecule has 3 N–H and O–H groups in total. The zero-order chi connectivity index (χ0) is 24.0. The smallest absolute Gasteiger partial charge is 0.326 e. The third kappa shape index (κ3) is 3.95. The number of halogens is 3. The molecule has 0 bridgehead atoms. The van der Waals surface area contributed by atoms with Gasteiger partial charge in [0.25, 0.3) is 11.8 Å². The lowest BCUT2D eigenvalue weighted by Crippen LogP contribution is -2.45. The molecule has 0 spiro atoms. The summed E-state index contributed by atoms with van der Waals surface area (Å²) in [7, 11) is 1.30. The van der Waals surface area contributed by atoms with Gasteiger partial charge in [-0.25, -0.2) is 9.18 Å². The van der Waals surface area contributed by atoms with Crippen molar-refractivity contribution in [2.45, 2.75) is 24.1 Å². The fourth-order valence-corrected chi connectivity index (χ4v) is 4.49. The standard InChI is InChI=1S/C23H22F3N3O4/c1-33-12-22(24)9-18(21(31)32)29(11-22)19(27)10-28-20(30)13-6-7-17-15(8-13)14-4-2-3-5-16(14)23(17,25)26/h2-8,18,27H,9-12H2,1H3,(H,28,30)(H,31,32)/t18-,22+/m0/s1. The van der Waals surface area contributed by atoms with Crippen LogP contribution in [0.3, 0.4) is 0 Å². The first-order valence-electron chi connectivity index (χ1n) is 10.2. The summed E-state index contributed by atoms with van der Waals surface area (Å²) in [6.45, 7) is -1.01. The zero-order valence-electron chi connectivity index (χ0n) is 17.7. The number of fused-ring (bicyclic) bond motifs is 3. The molecule has 0 aromatic heterocycles. The maximum atomic E-state index is 14.8. The minimum Gasteiger partial charge on any atom is -0.480 e. The molecule has 2 aliphatic rings. The van der Waals surface area contributed by atoms with Gasteiger partial charge in [-0.1, -0.05) is 30.3 Å². The monoisotopic (exact) mass is 461 g/mol. The van der Waals surface area contributed by atoms with Gasteiger partial charge in [-0.15, -0.1) is 0 Å². The molecule has 1 fully saturated rings. The minimum absolute atomic E-state index is 0.115. The number of methoxy groups -OCH3 is 1. The molecular formula is C23H22F3N3O4. The predicted molar refractivity (Wildman–Crippen MR) is 113 cm³/mol. The summed E-state index contributed by atoms with van der Waals surface area (Å²) in [6.07, 6.45) is -0.342. The molecule has 4 rings (SSSR count). The molecular weight excluding hydrogens is 439 g/mol. The number of rotatable bonds is 6. The molecule has 1 aliphatic heterocycles. The van der Waals surface area contributed by atoms with E-state index in [1.807, 2.05) is 0 Å². The maximum Gasteiger partial charge on any atom is 0.326 e. The van der Waals surface area contributed by atoms with Gasteiger partial charge in [0.15, 0.2) is 5.67 Å². The topological polar surface area (TPSA) is 103 Å². The van der Waals surface area contributed by atoms with E-state index < -0.39 is 29.5 Å². The molecule has 33 heavy (non-hydrogen) atoms. The summed E-state index contributed by atoms with van der Waals surface area (Å²) in [5.74, 6) is -5.33. The van der Waals surface area contributed by atoms with Gasteiger partial charge in [0, 0.05) is 30.2 Å². The number of nitrogens with zero attached hydrogens (tertiary/aromatic N) is 1. The third-order valence-corrected chi connectivity index (χ3v) is 6.02. The van der Waals surface area contributed by atoms with Crippen LogP contribution in [0.25, 0.3) is 11.1 Å². The van der Waals surface area contributed by atoms with Crippen molar-refractivity contribution in [2.75, 3.05) is 26.8 Å². The van der Waals surface area contributed by atoms with Crippen LogP contribution in [-0.2, 0) is 15.5 Å². The summed E-state index contributed by atoms with van der Waals surface area (Å²) < 4.78 is 49.0. The van der Waals surface area contributed by atoms with Gasteiger partial charge in [-0.3, -0.25) is 10.2 Å². The lowest BCUT2D eigenvalue weighted by Gasteiger charge is -2.24. The Balaban J connectivity index is 1.48. The number of carboxylic acid groups (broad SMARTS) is 1. The minimum atomic E-state index is -3.16. The van der Waals surface area contributed by atoms with Crippen molar-refractivity contribution < 1.29 is 32.6 Å². The Morgan fingerprint density at radius 3 is 2.58 bits per heavy atom. The van der Waals surface area contributed by atoms with Gasteiger partial charge in [-0.05, 0) is 23.3 Å². The highest BCUT2D eigenvalue weighted by Crippen LogP contribution is 2.50. The van der Waals surface area contributed by atoms with Crippen LogP contribution in [0.5, 0.6) is 0 Å². The number of nitrogens with one attached hydrogen (secondary N) is 2. The van der Waals surface area contributed by atoms with Crippen LogP contribution in [0.2, 0.25) is 0 Å². The van der Waals surface area contributed by atoms with Crippen molar-refractivity contribution in [3.05, 3.63) is 59.2 Å². The summed E-state index contributed by atoms with van der Waals surface area (Å²) in [5, 5.41) is 20.1. The van der Waals surface area contributed by atoms with Crippen molar-refractivity contribution in [1.82, 2.24) is 10.2 Å². The van der Waals surface area contributed by atoms with Crippen LogP contribution >= 0.6 is 0 Å². The van der Waals surface area contributed by atoms with Crippen molar-refractivity contribution in [3.8, 4) is 11.1 Å². The lowest BCUT2D eigenvalue weighted by atomic mass is 10.0. The number of carboxylic acids is 1. The SMILES string of the molecule is COC[C@@]1(F)C[C@@H](C(=O)O)N(C(=N)CNC(=O)c2ccc3c(c2)-c2ccccc2C3(F)F)C1. The Kier molecular flexibility index (Phi) is 5.65. The molecule has 0 unspecified atom stereocenters. The van der Waals surface area contributed by atoms with Gasteiger partial charge >= 0.3 is 5.97 Å². The van der Waals surface area contributed by atoms with Crippen LogP contribution in [0, 0.1) is 5.41 Å². The number of hydrogen-bond donors (Lipinski definition) is 3. The number of carbonyl (C=O) groups is 2. The number of ether oxygens (including phenoxy) is 1. The van der Waals surface area contributed by atoms with Crippen LogP contribution in [0.15, 0.2) is 42.5 Å². The van der Waals surface area contributed by atoms with E-state index in [1.165, 1.54) is 37.4 Å². The summed E-state index contributed by atoms with van der Waals surface area (Å²) in [6, 6.07) is 8.68. The van der Waals surface area contributed by atoms with E-state index >= 15 is 0 Å². The van der Waals surface area contributed by atoms with Crippen LogP contribution in [-0.4, -0.2) is 66.2 Å². The molecule has 1 amide bonds. The second-order valence-electron chi connectivity index (χ2n) is 8.28. The first-order chi connectivity index (χ1) is 15.6. The molecule has 2 aromatic rings. The normalized spacial score (nSPS) is 22.5. The van der Waals surface area contributed by atoms with Gasteiger partial charge in [-0.2, -0.15) is 8.78 Å². The Labute approximate surface area is 187 Å². The summed E-state index contributed by atoms with van der Waals surface area (Å²) >= 11 is 0. The highest BCUT2D eigenvalue weighted by Gasteiger charge is 2.49. The first-order valence-corrected chi connectivity index (χ1v) is 10.2. The van der Waals surface area contributed by atoms with Crippen LogP contribution in [0.4, 0.5) is 13.2 Å². The number of aliphatic carboxylic acids is 1. The molecule has 7 nitrogen and oxygen atoms in total. The number of amides is 1. The van der Waals surface area contributed by atoms with E-state index in [4.69, 9.17) is 10.1 Å². The van der Waals surface area contributed by atoms with E-state index in [-0.39, 0.29) is 54.2 Å². The number of amidine groups is 1. The highest BCUT2D eigenvalue weighted by molar-refractivity contribution is 5.99. The third-order valence-electron chi connectivity index (χ3n) is 6.02. The molecule has 1 saturated heterocycles. The van der Waals surface area contributed by atoms with Gasteiger partial charge < -0.3 is 20.1 Å². The van der Waals surface area contributed by atoms with E-state index in [1.54, 1.807) is 12.1 Å². The number of likely N-dealkylation sites (tertiary alicyclic amines) is 1. The molecule has 1 aliphatic carbocycles. The average Bonchev–Trinajstić information content (AvgIpc) is 3.25. The molecule has 0 radical (unpaired) electrons. The molecule has 2 atom stereocenters. The first kappa shape index (κ1) is 22.8. The van der Waals surface area contributed by atoms with E-state index in [0.717, 1.165) is 4.90 Å². The fourth-order valence-electron chi connectivity index (χ4n) is 4.49. The predicted octanol–water partition coefficient (Wildman–Crippen LogP) is 3.03. The number of benzene rings is 2. The van der Waals surface area contributed by atoms with Crippen LogP contribution < -0.4 is 5.32 Å². The van der Waals surface area contributed by atoms with Gasteiger partial charge in [0.05, 0.1) is 19.7 Å². The second kappa shape index (κ2) is 8.18. The Hall–Kier alpha value is -3.40. The highest BCUT2D eigenvalue weighted by atomic mass is 19.3. The summed E-state index contributed by atoms with van der Waals surface area (Å²) in [5.41, 5.74) is -1.52. The van der Waals surface area contributed by atoms with Crippen LogP contribution in [0.1, 0.15) is 27.9 Å². The lowest BCUT2D eigenvalue weighted by molar-refractivity contribution is -0.141. The molecule has 174 valence electrons. The zero-order valence-corrected chi connectivity index (χ0v) is 17.7. The van der Waals surface area contributed by atoms with Crippen molar-refractivity contribution in [3.63, 3.8) is 0 Å².